The first-order valence-electron chi connectivity index (χ1n) is 4.19. The van der Waals surface area contributed by atoms with E-state index in [1.165, 1.54) is 0 Å². The molecule has 3 aromatic rings. The summed E-state index contributed by atoms with van der Waals surface area (Å²) >= 11 is 0. The first-order valence-corrected chi connectivity index (χ1v) is 4.19. The third kappa shape index (κ3) is 0.861. The Bertz CT molecular complexity index is 613. The van der Waals surface area contributed by atoms with Crippen molar-refractivity contribution in [2.75, 3.05) is 5.73 Å². The maximum absolute atomic E-state index is 5.53. The molecule has 14 heavy (non-hydrogen) atoms. The molecule has 0 aromatic carbocycles. The molecule has 68 valence electrons. The van der Waals surface area contributed by atoms with Crippen molar-refractivity contribution in [2.24, 2.45) is 0 Å². The van der Waals surface area contributed by atoms with E-state index < -0.39 is 0 Å². The molecule has 0 bridgehead atoms. The van der Waals surface area contributed by atoms with Crippen molar-refractivity contribution >= 4 is 22.6 Å². The minimum Gasteiger partial charge on any atom is -0.368 e. The number of hydrogen-bond donors (Lipinski definition) is 1. The fourth-order valence-electron chi connectivity index (χ4n) is 1.49. The lowest BCUT2D eigenvalue weighted by Gasteiger charge is -2.00. The van der Waals surface area contributed by atoms with Crippen LogP contribution in [-0.4, -0.2) is 19.4 Å². The number of nitrogens with zero attached hydrogens (tertiary/aromatic N) is 4. The quantitative estimate of drug-likeness (QED) is 0.564. The molecule has 3 rings (SSSR count). The van der Waals surface area contributed by atoms with Crippen molar-refractivity contribution in [3.63, 3.8) is 0 Å². The van der Waals surface area contributed by atoms with E-state index >= 15 is 0 Å². The summed E-state index contributed by atoms with van der Waals surface area (Å²) in [4.78, 5) is 12.3. The average molecular weight is 185 g/mol. The summed E-state index contributed by atoms with van der Waals surface area (Å²) in [6.45, 7) is 0. The average Bonchev–Trinajstić information content (AvgIpc) is 2.65. The van der Waals surface area contributed by atoms with Crippen LogP contribution >= 0.6 is 0 Å². The van der Waals surface area contributed by atoms with E-state index in [1.54, 1.807) is 12.4 Å². The van der Waals surface area contributed by atoms with E-state index in [0.29, 0.717) is 0 Å². The molecule has 0 saturated carbocycles. The molecule has 0 aliphatic rings. The number of fused-ring (bicyclic) bond motifs is 3. The Morgan fingerprint density at radius 1 is 1.21 bits per heavy atom. The third-order valence-corrected chi connectivity index (χ3v) is 2.12. The molecule has 0 fully saturated rings. The van der Waals surface area contributed by atoms with Crippen LogP contribution < -0.4 is 5.73 Å². The molecule has 0 saturated heterocycles. The first-order chi connectivity index (χ1) is 6.84. The van der Waals surface area contributed by atoms with Crippen molar-refractivity contribution in [3.05, 3.63) is 30.7 Å². The molecule has 0 amide bonds. The smallest absolute Gasteiger partial charge is 0.221 e. The lowest BCUT2D eigenvalue weighted by atomic mass is 10.3. The molecule has 3 heterocycles. The summed E-state index contributed by atoms with van der Waals surface area (Å²) < 4.78 is 1.88. The van der Waals surface area contributed by atoms with Gasteiger partial charge in [0.15, 0.2) is 5.65 Å². The van der Waals surface area contributed by atoms with Crippen LogP contribution in [0.15, 0.2) is 30.7 Å². The molecule has 0 aliphatic carbocycles. The number of imidazole rings is 1. The molecule has 0 radical (unpaired) electrons. The van der Waals surface area contributed by atoms with Gasteiger partial charge in [-0.15, -0.1) is 0 Å². The van der Waals surface area contributed by atoms with Crippen LogP contribution in [0.1, 0.15) is 0 Å². The Labute approximate surface area is 79.2 Å². The zero-order valence-corrected chi connectivity index (χ0v) is 7.25. The second-order valence-electron chi connectivity index (χ2n) is 3.00. The highest BCUT2D eigenvalue weighted by molar-refractivity contribution is 5.78. The SMILES string of the molecule is Nc1ncc2ccc3nccn3c2n1. The standard InChI is InChI=1S/C9H7N5/c10-9-12-5-6-1-2-7-11-3-4-14(7)8(6)13-9/h1-5H,(H2,10,12,13). The molecular formula is C9H7N5. The zero-order chi connectivity index (χ0) is 9.54. The summed E-state index contributed by atoms with van der Waals surface area (Å²) in [6.07, 6.45) is 5.29. The summed E-state index contributed by atoms with van der Waals surface area (Å²) in [5.74, 6) is 0.277. The Morgan fingerprint density at radius 3 is 3.07 bits per heavy atom. The van der Waals surface area contributed by atoms with Gasteiger partial charge in [0.2, 0.25) is 5.95 Å². The number of hydrogen-bond acceptors (Lipinski definition) is 4. The Morgan fingerprint density at radius 2 is 2.14 bits per heavy atom. The van der Waals surface area contributed by atoms with Crippen LogP contribution in [-0.2, 0) is 0 Å². The second-order valence-corrected chi connectivity index (χ2v) is 3.00. The number of nitrogens with two attached hydrogens (primary N) is 1. The summed E-state index contributed by atoms with van der Waals surface area (Å²) in [5.41, 5.74) is 7.17. The van der Waals surface area contributed by atoms with Gasteiger partial charge in [0.1, 0.15) is 5.65 Å². The monoisotopic (exact) mass is 185 g/mol. The summed E-state index contributed by atoms with van der Waals surface area (Å²) in [6, 6.07) is 3.85. The van der Waals surface area contributed by atoms with Gasteiger partial charge in [-0.05, 0) is 12.1 Å². The maximum Gasteiger partial charge on any atom is 0.221 e. The Balaban J connectivity index is 2.60. The van der Waals surface area contributed by atoms with Crippen molar-refractivity contribution in [2.45, 2.75) is 0 Å². The van der Waals surface area contributed by atoms with E-state index in [4.69, 9.17) is 5.73 Å². The van der Waals surface area contributed by atoms with E-state index in [9.17, 15) is 0 Å². The van der Waals surface area contributed by atoms with Crippen LogP contribution in [0, 0.1) is 0 Å². The van der Waals surface area contributed by atoms with Crippen LogP contribution in [0.25, 0.3) is 16.7 Å². The van der Waals surface area contributed by atoms with E-state index in [1.807, 2.05) is 22.7 Å². The highest BCUT2D eigenvalue weighted by Crippen LogP contribution is 2.13. The number of aromatic nitrogens is 4. The number of anilines is 1. The molecule has 2 N–H and O–H groups in total. The van der Waals surface area contributed by atoms with Crippen molar-refractivity contribution in [3.8, 4) is 0 Å². The lowest BCUT2D eigenvalue weighted by Crippen LogP contribution is -1.97. The van der Waals surface area contributed by atoms with E-state index in [0.717, 1.165) is 16.7 Å². The molecule has 3 aromatic heterocycles. The number of nitrogen functional groups attached to an aromatic ring is 1. The van der Waals surface area contributed by atoms with Crippen LogP contribution in [0.4, 0.5) is 5.95 Å². The molecule has 0 atom stereocenters. The highest BCUT2D eigenvalue weighted by atomic mass is 15.1. The lowest BCUT2D eigenvalue weighted by molar-refractivity contribution is 1.15. The van der Waals surface area contributed by atoms with E-state index in [-0.39, 0.29) is 5.95 Å². The second kappa shape index (κ2) is 2.41. The normalized spacial score (nSPS) is 11.1. The van der Waals surface area contributed by atoms with E-state index in [2.05, 4.69) is 15.0 Å². The molecular weight excluding hydrogens is 178 g/mol. The van der Waals surface area contributed by atoms with Crippen LogP contribution in [0.2, 0.25) is 0 Å². The molecule has 0 aliphatic heterocycles. The molecule has 0 spiro atoms. The predicted octanol–water partition coefficient (Wildman–Crippen LogP) is 0.860. The largest absolute Gasteiger partial charge is 0.368 e. The topological polar surface area (TPSA) is 69.1 Å². The highest BCUT2D eigenvalue weighted by Gasteiger charge is 2.01. The first kappa shape index (κ1) is 7.25. The van der Waals surface area contributed by atoms with Crippen molar-refractivity contribution in [1.29, 1.82) is 0 Å². The third-order valence-electron chi connectivity index (χ3n) is 2.12. The van der Waals surface area contributed by atoms with Crippen LogP contribution in [0.3, 0.4) is 0 Å². The van der Waals surface area contributed by atoms with Gasteiger partial charge in [0, 0.05) is 24.0 Å². The van der Waals surface area contributed by atoms with Gasteiger partial charge in [-0.2, -0.15) is 4.98 Å². The molecule has 5 nitrogen and oxygen atoms in total. The van der Waals surface area contributed by atoms with Gasteiger partial charge in [-0.3, -0.25) is 4.40 Å². The minimum atomic E-state index is 0.277. The van der Waals surface area contributed by atoms with Gasteiger partial charge >= 0.3 is 0 Å². The Kier molecular flexibility index (Phi) is 1.25. The van der Waals surface area contributed by atoms with Gasteiger partial charge < -0.3 is 5.73 Å². The fraction of sp³-hybridized carbons (Fsp3) is 0. The Hall–Kier alpha value is -2.17. The van der Waals surface area contributed by atoms with Gasteiger partial charge in [-0.25, -0.2) is 9.97 Å². The predicted molar refractivity (Wildman–Crippen MR) is 52.7 cm³/mol. The fourth-order valence-corrected chi connectivity index (χ4v) is 1.49. The molecule has 0 unspecified atom stereocenters. The van der Waals surface area contributed by atoms with Crippen LogP contribution in [0.5, 0.6) is 0 Å². The molecule has 5 heteroatoms. The van der Waals surface area contributed by atoms with Crippen molar-refractivity contribution < 1.29 is 0 Å². The summed E-state index contributed by atoms with van der Waals surface area (Å²) in [7, 11) is 0. The van der Waals surface area contributed by atoms with Gasteiger partial charge in [0.25, 0.3) is 0 Å². The number of rotatable bonds is 0. The van der Waals surface area contributed by atoms with Crippen molar-refractivity contribution in [1.82, 2.24) is 19.4 Å². The van der Waals surface area contributed by atoms with Gasteiger partial charge in [0.05, 0.1) is 0 Å². The zero-order valence-electron chi connectivity index (χ0n) is 7.25. The van der Waals surface area contributed by atoms with Gasteiger partial charge in [-0.1, -0.05) is 0 Å². The summed E-state index contributed by atoms with van der Waals surface area (Å²) in [5, 5.41) is 0.949. The minimum absolute atomic E-state index is 0.277. The number of pyridine rings is 1. The maximum atomic E-state index is 5.53.